The van der Waals surface area contributed by atoms with E-state index in [-0.39, 0.29) is 5.91 Å². The molecule has 0 spiro atoms. The Morgan fingerprint density at radius 3 is 2.71 bits per heavy atom. The lowest BCUT2D eigenvalue weighted by molar-refractivity contribution is 0.0938. The number of carbonyl (C=O) groups excluding carboxylic acids is 1. The van der Waals surface area contributed by atoms with Crippen LogP contribution in [0, 0.1) is 12.3 Å². The highest BCUT2D eigenvalue weighted by atomic mass is 79.9. The van der Waals surface area contributed by atoms with E-state index in [9.17, 15) is 4.79 Å². The third kappa shape index (κ3) is 3.10. The van der Waals surface area contributed by atoms with Crippen molar-refractivity contribution in [2.45, 2.75) is 39.5 Å². The molecular formula is C13H18BrNOS. The number of hydrogen-bond donors (Lipinski definition) is 1. The molecule has 0 atom stereocenters. The summed E-state index contributed by atoms with van der Waals surface area (Å²) in [5.74, 6) is 0.0666. The minimum absolute atomic E-state index is 0.0666. The molecule has 17 heavy (non-hydrogen) atoms. The average molecular weight is 316 g/mol. The van der Waals surface area contributed by atoms with E-state index in [1.54, 1.807) is 0 Å². The molecule has 2 rings (SSSR count). The fourth-order valence-corrected chi connectivity index (χ4v) is 3.81. The summed E-state index contributed by atoms with van der Waals surface area (Å²) < 4.78 is 1.05. The van der Waals surface area contributed by atoms with Gasteiger partial charge in [-0.05, 0) is 52.7 Å². The van der Waals surface area contributed by atoms with Gasteiger partial charge in [0.2, 0.25) is 0 Å². The van der Waals surface area contributed by atoms with E-state index in [4.69, 9.17) is 0 Å². The van der Waals surface area contributed by atoms with Crippen LogP contribution in [0.2, 0.25) is 0 Å². The second-order valence-electron chi connectivity index (χ2n) is 5.27. The molecule has 1 saturated carbocycles. The fourth-order valence-electron chi connectivity index (χ4n) is 2.36. The molecule has 1 aromatic heterocycles. The summed E-state index contributed by atoms with van der Waals surface area (Å²) in [7, 11) is 0. The topological polar surface area (TPSA) is 29.1 Å². The lowest BCUT2D eigenvalue weighted by atomic mass is 9.89. The van der Waals surface area contributed by atoms with E-state index in [0.717, 1.165) is 20.8 Å². The van der Waals surface area contributed by atoms with Gasteiger partial charge >= 0.3 is 0 Å². The van der Waals surface area contributed by atoms with Crippen molar-refractivity contribution in [3.8, 4) is 0 Å². The monoisotopic (exact) mass is 315 g/mol. The summed E-state index contributed by atoms with van der Waals surface area (Å²) >= 11 is 4.96. The molecule has 0 radical (unpaired) electrons. The first-order chi connectivity index (χ1) is 8.00. The number of rotatable bonds is 3. The molecule has 1 heterocycles. The maximum absolute atomic E-state index is 12.0. The number of amides is 1. The summed E-state index contributed by atoms with van der Waals surface area (Å²) in [5, 5.41) is 3.07. The summed E-state index contributed by atoms with van der Waals surface area (Å²) in [6.45, 7) is 5.09. The third-order valence-corrected chi connectivity index (χ3v) is 5.70. The molecule has 1 fully saturated rings. The summed E-state index contributed by atoms with van der Waals surface area (Å²) in [4.78, 5) is 12.8. The minimum atomic E-state index is 0.0666. The van der Waals surface area contributed by atoms with E-state index in [0.29, 0.717) is 5.41 Å². The van der Waals surface area contributed by atoms with Gasteiger partial charge in [0.05, 0.1) is 8.66 Å². The van der Waals surface area contributed by atoms with Crippen molar-refractivity contribution in [3.05, 3.63) is 20.3 Å². The minimum Gasteiger partial charge on any atom is -0.351 e. The Morgan fingerprint density at radius 2 is 2.18 bits per heavy atom. The van der Waals surface area contributed by atoms with Crippen molar-refractivity contribution in [2.75, 3.05) is 6.54 Å². The van der Waals surface area contributed by atoms with Crippen LogP contribution in [0.1, 0.15) is 47.8 Å². The van der Waals surface area contributed by atoms with Gasteiger partial charge in [-0.1, -0.05) is 19.8 Å². The first kappa shape index (κ1) is 13.1. The van der Waals surface area contributed by atoms with Gasteiger partial charge in [0.15, 0.2) is 0 Å². The zero-order chi connectivity index (χ0) is 12.5. The smallest absolute Gasteiger partial charge is 0.261 e. The van der Waals surface area contributed by atoms with Crippen LogP contribution in [0.15, 0.2) is 9.85 Å². The van der Waals surface area contributed by atoms with Gasteiger partial charge in [-0.15, -0.1) is 11.3 Å². The number of halogens is 1. The molecule has 1 amide bonds. The van der Waals surface area contributed by atoms with E-state index in [1.807, 2.05) is 13.0 Å². The molecule has 4 heteroatoms. The van der Waals surface area contributed by atoms with Crippen LogP contribution in [0.3, 0.4) is 0 Å². The predicted molar refractivity (Wildman–Crippen MR) is 75.7 cm³/mol. The number of aryl methyl sites for hydroxylation is 1. The zero-order valence-electron chi connectivity index (χ0n) is 10.3. The SMILES string of the molecule is Cc1cc(C(=O)NCC2(C)CCCC2)sc1Br. The predicted octanol–water partition coefficient (Wildman–Crippen LogP) is 4.13. The van der Waals surface area contributed by atoms with Crippen molar-refractivity contribution in [1.29, 1.82) is 0 Å². The van der Waals surface area contributed by atoms with Gasteiger partial charge in [-0.25, -0.2) is 0 Å². The molecule has 1 N–H and O–H groups in total. The average Bonchev–Trinajstić information content (AvgIpc) is 2.85. The van der Waals surface area contributed by atoms with Crippen LogP contribution in [-0.4, -0.2) is 12.5 Å². The molecule has 0 aromatic carbocycles. The molecule has 1 aliphatic rings. The standard InChI is InChI=1S/C13H18BrNOS/c1-9-7-10(17-11(9)14)12(16)15-8-13(2)5-3-4-6-13/h7H,3-6,8H2,1-2H3,(H,15,16). The van der Waals surface area contributed by atoms with Crippen molar-refractivity contribution in [2.24, 2.45) is 5.41 Å². The molecule has 2 nitrogen and oxygen atoms in total. The highest BCUT2D eigenvalue weighted by molar-refractivity contribution is 9.11. The maximum Gasteiger partial charge on any atom is 0.261 e. The van der Waals surface area contributed by atoms with Gasteiger partial charge in [0.1, 0.15) is 0 Å². The molecule has 94 valence electrons. The first-order valence-electron chi connectivity index (χ1n) is 6.04. The summed E-state index contributed by atoms with van der Waals surface area (Å²) in [5.41, 5.74) is 1.45. The maximum atomic E-state index is 12.0. The second-order valence-corrected chi connectivity index (χ2v) is 7.64. The van der Waals surface area contributed by atoms with Crippen molar-refractivity contribution in [3.63, 3.8) is 0 Å². The Bertz CT molecular complexity index is 402. The highest BCUT2D eigenvalue weighted by Crippen LogP contribution is 2.36. The molecule has 1 aromatic rings. The van der Waals surface area contributed by atoms with Crippen molar-refractivity contribution in [1.82, 2.24) is 5.32 Å². The molecular weight excluding hydrogens is 298 g/mol. The Balaban J connectivity index is 1.93. The fraction of sp³-hybridized carbons (Fsp3) is 0.615. The van der Waals surface area contributed by atoms with Gasteiger partial charge in [-0.2, -0.15) is 0 Å². The normalized spacial score (nSPS) is 18.3. The Kier molecular flexibility index (Phi) is 3.93. The number of thiophene rings is 1. The Labute approximate surface area is 115 Å². The van der Waals surface area contributed by atoms with Crippen LogP contribution >= 0.6 is 27.3 Å². The molecule has 0 saturated heterocycles. The number of nitrogens with one attached hydrogen (secondary N) is 1. The van der Waals surface area contributed by atoms with Crippen LogP contribution in [-0.2, 0) is 0 Å². The first-order valence-corrected chi connectivity index (χ1v) is 7.65. The van der Waals surface area contributed by atoms with Gasteiger partial charge in [0.25, 0.3) is 5.91 Å². The van der Waals surface area contributed by atoms with Crippen LogP contribution in [0.4, 0.5) is 0 Å². The lowest BCUT2D eigenvalue weighted by Crippen LogP contribution is -2.33. The Morgan fingerprint density at radius 1 is 1.53 bits per heavy atom. The van der Waals surface area contributed by atoms with Gasteiger partial charge in [0, 0.05) is 6.54 Å². The molecule has 0 bridgehead atoms. The van der Waals surface area contributed by atoms with E-state index in [2.05, 4.69) is 28.2 Å². The molecule has 0 aliphatic heterocycles. The molecule has 1 aliphatic carbocycles. The van der Waals surface area contributed by atoms with E-state index in [1.165, 1.54) is 37.0 Å². The van der Waals surface area contributed by atoms with Crippen LogP contribution < -0.4 is 5.32 Å². The van der Waals surface area contributed by atoms with Gasteiger partial charge < -0.3 is 5.32 Å². The summed E-state index contributed by atoms with van der Waals surface area (Å²) in [6, 6.07) is 1.95. The summed E-state index contributed by atoms with van der Waals surface area (Å²) in [6.07, 6.45) is 5.08. The largest absolute Gasteiger partial charge is 0.351 e. The lowest BCUT2D eigenvalue weighted by Gasteiger charge is -2.23. The highest BCUT2D eigenvalue weighted by Gasteiger charge is 2.29. The second kappa shape index (κ2) is 5.11. The zero-order valence-corrected chi connectivity index (χ0v) is 12.7. The third-order valence-electron chi connectivity index (χ3n) is 3.57. The molecule has 0 unspecified atom stereocenters. The Hall–Kier alpha value is -0.350. The quantitative estimate of drug-likeness (QED) is 0.892. The van der Waals surface area contributed by atoms with E-state index < -0.39 is 0 Å². The van der Waals surface area contributed by atoms with Crippen LogP contribution in [0.25, 0.3) is 0 Å². The van der Waals surface area contributed by atoms with Crippen molar-refractivity contribution < 1.29 is 4.79 Å². The van der Waals surface area contributed by atoms with E-state index >= 15 is 0 Å². The van der Waals surface area contributed by atoms with Crippen molar-refractivity contribution >= 4 is 33.2 Å². The number of hydrogen-bond acceptors (Lipinski definition) is 2. The van der Waals surface area contributed by atoms with Crippen LogP contribution in [0.5, 0.6) is 0 Å². The van der Waals surface area contributed by atoms with Gasteiger partial charge in [-0.3, -0.25) is 4.79 Å². The number of carbonyl (C=O) groups is 1.